The van der Waals surface area contributed by atoms with E-state index in [2.05, 4.69) is 22.1 Å². The molecule has 7 nitrogen and oxygen atoms in total. The second-order valence-electron chi connectivity index (χ2n) is 11.7. The predicted molar refractivity (Wildman–Crippen MR) is 143 cm³/mol. The molecule has 1 saturated carbocycles. The van der Waals surface area contributed by atoms with Gasteiger partial charge in [0.25, 0.3) is 5.56 Å². The Morgan fingerprint density at radius 1 is 1.20 bits per heavy atom. The number of H-pyrrole nitrogens is 1. The summed E-state index contributed by atoms with van der Waals surface area (Å²) in [5.74, 6) is 0.429. The van der Waals surface area contributed by atoms with Crippen molar-refractivity contribution >= 4 is 10.9 Å². The van der Waals surface area contributed by atoms with Gasteiger partial charge in [0.05, 0.1) is 11.0 Å². The number of hydrogen-bond donors (Lipinski definition) is 1. The number of alkyl halides is 5. The van der Waals surface area contributed by atoms with Gasteiger partial charge >= 0.3 is 6.18 Å². The zero-order valence-corrected chi connectivity index (χ0v) is 22.8. The van der Waals surface area contributed by atoms with Crippen LogP contribution in [0.1, 0.15) is 55.3 Å². The lowest BCUT2D eigenvalue weighted by molar-refractivity contribution is -0.136. The highest BCUT2D eigenvalue weighted by Gasteiger charge is 2.48. The number of benzene rings is 1. The molecule has 4 aromatic rings. The molecule has 1 aromatic carbocycles. The number of piperidine rings is 1. The maximum absolute atomic E-state index is 14.3. The van der Waals surface area contributed by atoms with Crippen LogP contribution in [0, 0.1) is 11.8 Å². The zero-order chi connectivity index (χ0) is 29.1. The van der Waals surface area contributed by atoms with Crippen LogP contribution in [0.4, 0.5) is 22.0 Å². The summed E-state index contributed by atoms with van der Waals surface area (Å²) >= 11 is 0. The van der Waals surface area contributed by atoms with E-state index in [-0.39, 0.29) is 24.0 Å². The molecule has 0 amide bonds. The maximum Gasteiger partial charge on any atom is 0.418 e. The van der Waals surface area contributed by atoms with Crippen LogP contribution in [0.15, 0.2) is 47.7 Å². The predicted octanol–water partition coefficient (Wildman–Crippen LogP) is 5.66. The van der Waals surface area contributed by atoms with Gasteiger partial charge in [-0.1, -0.05) is 19.1 Å². The fourth-order valence-electron chi connectivity index (χ4n) is 6.80. The fourth-order valence-corrected chi connectivity index (χ4v) is 6.80. The van der Waals surface area contributed by atoms with Gasteiger partial charge in [0.15, 0.2) is 0 Å². The number of nitrogens with one attached hydrogen (secondary N) is 1. The van der Waals surface area contributed by atoms with Crippen molar-refractivity contribution in [1.29, 1.82) is 0 Å². The molecule has 1 aliphatic carbocycles. The number of aromatic nitrogens is 5. The Kier molecular flexibility index (Phi) is 6.79. The Bertz CT molecular complexity index is 1630. The summed E-state index contributed by atoms with van der Waals surface area (Å²) in [6.07, 6.45) is -2.09. The topological polar surface area (TPSA) is 71.7 Å². The summed E-state index contributed by atoms with van der Waals surface area (Å²) in [6.45, 7) is 3.01. The van der Waals surface area contributed by atoms with Crippen LogP contribution in [0.25, 0.3) is 16.6 Å². The maximum atomic E-state index is 14.3. The first-order chi connectivity index (χ1) is 19.5. The van der Waals surface area contributed by atoms with E-state index in [1.807, 2.05) is 17.7 Å². The van der Waals surface area contributed by atoms with Crippen molar-refractivity contribution in [1.82, 2.24) is 29.2 Å². The number of hydrogen-bond acceptors (Lipinski definition) is 4. The Labute approximate surface area is 233 Å². The molecule has 0 radical (unpaired) electrons. The average molecular weight is 575 g/mol. The largest absolute Gasteiger partial charge is 0.418 e. The van der Waals surface area contributed by atoms with Crippen LogP contribution < -0.4 is 5.56 Å². The van der Waals surface area contributed by atoms with E-state index in [9.17, 15) is 26.7 Å². The molecule has 41 heavy (non-hydrogen) atoms. The highest BCUT2D eigenvalue weighted by molar-refractivity contribution is 5.84. The number of rotatable bonds is 6. The van der Waals surface area contributed by atoms with Gasteiger partial charge < -0.3 is 9.55 Å². The van der Waals surface area contributed by atoms with E-state index in [1.165, 1.54) is 6.07 Å². The summed E-state index contributed by atoms with van der Waals surface area (Å²) in [5.41, 5.74) is -0.620. The molecule has 12 heteroatoms. The lowest BCUT2D eigenvalue weighted by Crippen LogP contribution is -2.43. The molecule has 6 rings (SSSR count). The number of aryl methyl sites for hydroxylation is 1. The molecule has 4 heterocycles. The molecule has 1 aliphatic heterocycles. The van der Waals surface area contributed by atoms with Crippen molar-refractivity contribution < 1.29 is 22.0 Å². The van der Waals surface area contributed by atoms with Gasteiger partial charge in [0.2, 0.25) is 6.43 Å². The first kappa shape index (κ1) is 27.6. The van der Waals surface area contributed by atoms with E-state index in [0.717, 1.165) is 35.0 Å². The monoisotopic (exact) mass is 574 g/mol. The quantitative estimate of drug-likeness (QED) is 0.302. The number of likely N-dealkylation sites (tertiary alicyclic amines) is 1. The number of fused-ring (bicyclic) bond motifs is 1. The second-order valence-corrected chi connectivity index (χ2v) is 11.7. The third-order valence-electron chi connectivity index (χ3n) is 8.66. The first-order valence-corrected chi connectivity index (χ1v) is 13.8. The van der Waals surface area contributed by atoms with E-state index in [0.29, 0.717) is 36.7 Å². The smallest absolute Gasteiger partial charge is 0.353 e. The van der Waals surface area contributed by atoms with Crippen molar-refractivity contribution in [3.63, 3.8) is 0 Å². The van der Waals surface area contributed by atoms with E-state index < -0.39 is 35.1 Å². The zero-order valence-electron chi connectivity index (χ0n) is 22.8. The second kappa shape index (κ2) is 10.1. The van der Waals surface area contributed by atoms with Crippen LogP contribution in [-0.4, -0.2) is 48.7 Å². The van der Waals surface area contributed by atoms with Gasteiger partial charge in [-0.3, -0.25) is 14.3 Å². The van der Waals surface area contributed by atoms with Gasteiger partial charge in [0, 0.05) is 49.0 Å². The van der Waals surface area contributed by atoms with Gasteiger partial charge in [-0.05, 0) is 61.9 Å². The number of nitrogens with zero attached hydrogens (tertiary/aromatic N) is 5. The molecule has 1 unspecified atom stereocenters. The van der Waals surface area contributed by atoms with Crippen LogP contribution in [0.3, 0.4) is 0 Å². The van der Waals surface area contributed by atoms with Crippen molar-refractivity contribution in [3.05, 3.63) is 75.9 Å². The van der Waals surface area contributed by atoms with Gasteiger partial charge in [-0.15, -0.1) is 10.2 Å². The van der Waals surface area contributed by atoms with Crippen molar-refractivity contribution in [2.24, 2.45) is 18.9 Å². The molecule has 3 aromatic heterocycles. The van der Waals surface area contributed by atoms with Crippen LogP contribution >= 0.6 is 0 Å². The standard InChI is InChI=1S/C29H31F5N6O/c1-17-11-28(12-17,27-37-35-16-38(27)2)19-6-3-7-21(9-19)40-15-23(29(32,33)34)22-10-20(36-24(22)26(40)41)14-39-8-4-5-18(13-39)25(30)31/h3,6-7,9-10,15-18,25,36H,4-5,8,11-14H2,1-2H3. The third kappa shape index (κ3) is 4.85. The Morgan fingerprint density at radius 3 is 2.63 bits per heavy atom. The Morgan fingerprint density at radius 2 is 1.98 bits per heavy atom. The van der Waals surface area contributed by atoms with Gasteiger partial charge in [-0.2, -0.15) is 13.2 Å². The third-order valence-corrected chi connectivity index (χ3v) is 8.66. The number of halogens is 5. The minimum atomic E-state index is -4.72. The molecular weight excluding hydrogens is 543 g/mol. The Hall–Kier alpha value is -3.54. The van der Waals surface area contributed by atoms with E-state index >= 15 is 0 Å². The van der Waals surface area contributed by atoms with Gasteiger partial charge in [0.1, 0.15) is 17.7 Å². The summed E-state index contributed by atoms with van der Waals surface area (Å²) in [7, 11) is 1.86. The number of aromatic amines is 1. The summed E-state index contributed by atoms with van der Waals surface area (Å²) < 4.78 is 72.4. The number of pyridine rings is 1. The van der Waals surface area contributed by atoms with Gasteiger partial charge in [-0.25, -0.2) is 8.78 Å². The van der Waals surface area contributed by atoms with E-state index in [4.69, 9.17) is 0 Å². The molecule has 1 atom stereocenters. The fraction of sp³-hybridized carbons (Fsp3) is 0.483. The minimum absolute atomic E-state index is 0.155. The van der Waals surface area contributed by atoms with Crippen molar-refractivity contribution in [2.75, 3.05) is 13.1 Å². The average Bonchev–Trinajstić information content (AvgIpc) is 3.53. The van der Waals surface area contributed by atoms with Crippen molar-refractivity contribution in [2.45, 2.75) is 57.2 Å². The molecule has 2 aliphatic rings. The minimum Gasteiger partial charge on any atom is -0.353 e. The molecule has 2 fully saturated rings. The highest BCUT2D eigenvalue weighted by Crippen LogP contribution is 2.51. The molecule has 1 N–H and O–H groups in total. The molecule has 0 bridgehead atoms. The molecule has 1 saturated heterocycles. The van der Waals surface area contributed by atoms with Crippen LogP contribution in [0.2, 0.25) is 0 Å². The Balaban J connectivity index is 1.42. The molecular formula is C29H31F5N6O. The molecule has 0 spiro atoms. The lowest BCUT2D eigenvalue weighted by Gasteiger charge is -2.46. The van der Waals surface area contributed by atoms with Crippen LogP contribution in [-0.2, 0) is 25.2 Å². The first-order valence-electron chi connectivity index (χ1n) is 13.8. The normalized spacial score (nSPS) is 23.8. The van der Waals surface area contributed by atoms with Crippen molar-refractivity contribution in [3.8, 4) is 5.69 Å². The SMILES string of the molecule is CC1CC(c2cccc(-n3cc(C(F)(F)F)c4cc(CN5CCCC(C(F)F)C5)[nH]c4c3=O)c2)(c2nncn2C)C1. The summed E-state index contributed by atoms with van der Waals surface area (Å²) in [5, 5.41) is 8.14. The highest BCUT2D eigenvalue weighted by atomic mass is 19.4. The summed E-state index contributed by atoms with van der Waals surface area (Å²) in [6, 6.07) is 8.36. The summed E-state index contributed by atoms with van der Waals surface area (Å²) in [4.78, 5) is 18.4. The molecule has 218 valence electrons. The van der Waals surface area contributed by atoms with E-state index in [1.54, 1.807) is 29.4 Å². The lowest BCUT2D eigenvalue weighted by atomic mass is 9.58. The van der Waals surface area contributed by atoms with Crippen LogP contribution in [0.5, 0.6) is 0 Å².